The molecule has 1 rings (SSSR count). The zero-order chi connectivity index (χ0) is 7.56. The van der Waals surface area contributed by atoms with Gasteiger partial charge in [-0.3, -0.25) is 0 Å². The van der Waals surface area contributed by atoms with Crippen LogP contribution in [0.15, 0.2) is 0 Å². The molecule has 5 heteroatoms. The van der Waals surface area contributed by atoms with Gasteiger partial charge in [0.25, 0.3) is 0 Å². The smallest absolute Gasteiger partial charge is 0.226 e. The third-order valence-electron chi connectivity index (χ3n) is 0.944. The number of nitrogens with zero attached hydrogens (tertiary/aromatic N) is 3. The summed E-state index contributed by atoms with van der Waals surface area (Å²) in [6.45, 7) is 1.84. The molecule has 1 N–H and O–H groups in total. The number of nitrogens with one attached hydrogen (secondary N) is 1. The van der Waals surface area contributed by atoms with Gasteiger partial charge in [0, 0.05) is 29.6 Å². The van der Waals surface area contributed by atoms with Crippen molar-refractivity contribution in [3.05, 3.63) is 9.66 Å². The van der Waals surface area contributed by atoms with E-state index in [1.165, 1.54) is 0 Å². The standard InChI is InChI=1S/C5H7IN4/c1-3-8-4(6)10-5(7-2)9-3/h1-2H3,(H,7,8,9,10). The fourth-order valence-electron chi connectivity index (χ4n) is 0.561. The van der Waals surface area contributed by atoms with E-state index in [-0.39, 0.29) is 0 Å². The predicted molar refractivity (Wildman–Crippen MR) is 46.8 cm³/mol. The normalized spacial score (nSPS) is 9.50. The largest absolute Gasteiger partial charge is 0.357 e. The molecule has 54 valence electrons. The van der Waals surface area contributed by atoms with Crippen molar-refractivity contribution < 1.29 is 0 Å². The molecule has 10 heavy (non-hydrogen) atoms. The third kappa shape index (κ3) is 1.76. The van der Waals surface area contributed by atoms with E-state index in [4.69, 9.17) is 0 Å². The zero-order valence-electron chi connectivity index (χ0n) is 5.72. The summed E-state index contributed by atoms with van der Waals surface area (Å²) in [5.41, 5.74) is 0. The molecule has 0 aliphatic rings. The Morgan fingerprint density at radius 1 is 1.30 bits per heavy atom. The molecule has 0 atom stereocenters. The summed E-state index contributed by atoms with van der Waals surface area (Å²) in [4.78, 5) is 12.0. The lowest BCUT2D eigenvalue weighted by atomic mass is 10.7. The Labute approximate surface area is 72.6 Å². The van der Waals surface area contributed by atoms with Crippen molar-refractivity contribution in [2.75, 3.05) is 12.4 Å². The number of anilines is 1. The van der Waals surface area contributed by atoms with Crippen molar-refractivity contribution in [2.45, 2.75) is 6.92 Å². The number of rotatable bonds is 1. The molecule has 0 unspecified atom stereocenters. The summed E-state index contributed by atoms with van der Waals surface area (Å²) >= 11 is 2.05. The quantitative estimate of drug-likeness (QED) is 0.750. The van der Waals surface area contributed by atoms with E-state index >= 15 is 0 Å². The van der Waals surface area contributed by atoms with E-state index in [9.17, 15) is 0 Å². The molecule has 0 saturated carbocycles. The van der Waals surface area contributed by atoms with E-state index in [0.29, 0.717) is 5.95 Å². The molecule has 4 nitrogen and oxygen atoms in total. The van der Waals surface area contributed by atoms with E-state index < -0.39 is 0 Å². The second-order valence-corrected chi connectivity index (χ2v) is 2.69. The Bertz CT molecular complexity index is 217. The van der Waals surface area contributed by atoms with Gasteiger partial charge in [0.1, 0.15) is 5.82 Å². The van der Waals surface area contributed by atoms with E-state index in [1.807, 2.05) is 6.92 Å². The predicted octanol–water partition coefficient (Wildman–Crippen LogP) is 0.826. The van der Waals surface area contributed by atoms with Crippen LogP contribution in [0.2, 0.25) is 0 Å². The molecule has 0 saturated heterocycles. The Hall–Kier alpha value is -0.460. The number of aromatic nitrogens is 3. The van der Waals surface area contributed by atoms with Crippen molar-refractivity contribution >= 4 is 28.5 Å². The van der Waals surface area contributed by atoms with Crippen molar-refractivity contribution in [1.29, 1.82) is 0 Å². The van der Waals surface area contributed by atoms with Crippen LogP contribution >= 0.6 is 22.6 Å². The Morgan fingerprint density at radius 3 is 2.50 bits per heavy atom. The van der Waals surface area contributed by atoms with Gasteiger partial charge in [0.2, 0.25) is 5.95 Å². The van der Waals surface area contributed by atoms with Gasteiger partial charge in [0.05, 0.1) is 0 Å². The first-order chi connectivity index (χ1) is 4.72. The Kier molecular flexibility index (Phi) is 2.36. The molecule has 0 amide bonds. The minimum Gasteiger partial charge on any atom is -0.357 e. The molecule has 0 bridgehead atoms. The van der Waals surface area contributed by atoms with Gasteiger partial charge in [0.15, 0.2) is 3.83 Å². The van der Waals surface area contributed by atoms with Crippen LogP contribution in [0.5, 0.6) is 0 Å². The van der Waals surface area contributed by atoms with Gasteiger partial charge in [-0.05, 0) is 6.92 Å². The monoisotopic (exact) mass is 250 g/mol. The highest BCUT2D eigenvalue weighted by molar-refractivity contribution is 14.1. The lowest BCUT2D eigenvalue weighted by Crippen LogP contribution is -2.01. The number of hydrogen-bond donors (Lipinski definition) is 1. The summed E-state index contributed by atoms with van der Waals surface area (Å²) in [7, 11) is 1.78. The first-order valence-electron chi connectivity index (χ1n) is 2.78. The van der Waals surface area contributed by atoms with Crippen LogP contribution in [-0.4, -0.2) is 22.0 Å². The fourth-order valence-corrected chi connectivity index (χ4v) is 1.14. The third-order valence-corrected chi connectivity index (χ3v) is 1.43. The summed E-state index contributed by atoms with van der Waals surface area (Å²) < 4.78 is 0.717. The average Bonchev–Trinajstić information content (AvgIpc) is 1.85. The van der Waals surface area contributed by atoms with Gasteiger partial charge in [-0.15, -0.1) is 0 Å². The summed E-state index contributed by atoms with van der Waals surface area (Å²) in [6, 6.07) is 0. The minimum absolute atomic E-state index is 0.622. The van der Waals surface area contributed by atoms with E-state index in [1.54, 1.807) is 7.05 Å². The topological polar surface area (TPSA) is 50.7 Å². The first kappa shape index (κ1) is 7.64. The lowest BCUT2D eigenvalue weighted by Gasteiger charge is -1.97. The van der Waals surface area contributed by atoms with Crippen molar-refractivity contribution in [2.24, 2.45) is 0 Å². The molecule has 0 aromatic carbocycles. The summed E-state index contributed by atoms with van der Waals surface area (Å²) in [5.74, 6) is 1.36. The number of hydrogen-bond acceptors (Lipinski definition) is 4. The Morgan fingerprint density at radius 2 is 2.00 bits per heavy atom. The van der Waals surface area contributed by atoms with Crippen LogP contribution in [0.4, 0.5) is 5.95 Å². The SMILES string of the molecule is CNc1nc(C)nc(I)n1. The first-order valence-corrected chi connectivity index (χ1v) is 3.86. The molecule has 0 aliphatic heterocycles. The van der Waals surface area contributed by atoms with Crippen molar-refractivity contribution in [3.8, 4) is 0 Å². The molecular weight excluding hydrogens is 243 g/mol. The summed E-state index contributed by atoms with van der Waals surface area (Å²) in [5, 5.41) is 2.84. The maximum absolute atomic E-state index is 4.01. The molecule has 1 aromatic heterocycles. The lowest BCUT2D eigenvalue weighted by molar-refractivity contribution is 0.945. The van der Waals surface area contributed by atoms with Crippen LogP contribution in [0, 0.1) is 10.8 Å². The highest BCUT2D eigenvalue weighted by atomic mass is 127. The van der Waals surface area contributed by atoms with E-state index in [0.717, 1.165) is 9.66 Å². The Balaban J connectivity index is 3.06. The highest BCUT2D eigenvalue weighted by Gasteiger charge is 1.96. The number of halogens is 1. The van der Waals surface area contributed by atoms with Crippen molar-refractivity contribution in [3.63, 3.8) is 0 Å². The fraction of sp³-hybridized carbons (Fsp3) is 0.400. The second-order valence-electron chi connectivity index (χ2n) is 1.73. The molecule has 1 aromatic rings. The van der Waals surface area contributed by atoms with Crippen LogP contribution in [0.1, 0.15) is 5.82 Å². The van der Waals surface area contributed by atoms with Gasteiger partial charge >= 0.3 is 0 Å². The minimum atomic E-state index is 0.622. The maximum Gasteiger partial charge on any atom is 0.226 e. The maximum atomic E-state index is 4.01. The second kappa shape index (κ2) is 3.09. The van der Waals surface area contributed by atoms with Crippen LogP contribution in [0.25, 0.3) is 0 Å². The highest BCUT2D eigenvalue weighted by Crippen LogP contribution is 2.00. The van der Waals surface area contributed by atoms with Crippen LogP contribution < -0.4 is 5.32 Å². The van der Waals surface area contributed by atoms with Crippen molar-refractivity contribution in [1.82, 2.24) is 15.0 Å². The molecular formula is C5H7IN4. The average molecular weight is 250 g/mol. The molecule has 0 spiro atoms. The van der Waals surface area contributed by atoms with Gasteiger partial charge in [-0.1, -0.05) is 0 Å². The van der Waals surface area contributed by atoms with Crippen LogP contribution in [-0.2, 0) is 0 Å². The zero-order valence-corrected chi connectivity index (χ0v) is 7.88. The molecule has 0 aliphatic carbocycles. The van der Waals surface area contributed by atoms with Gasteiger partial charge < -0.3 is 5.32 Å². The van der Waals surface area contributed by atoms with Gasteiger partial charge in [-0.25, -0.2) is 4.98 Å². The molecule has 1 heterocycles. The van der Waals surface area contributed by atoms with E-state index in [2.05, 4.69) is 42.9 Å². The molecule has 0 radical (unpaired) electrons. The van der Waals surface area contributed by atoms with Gasteiger partial charge in [-0.2, -0.15) is 9.97 Å². The van der Waals surface area contributed by atoms with Crippen LogP contribution in [0.3, 0.4) is 0 Å². The number of aryl methyl sites for hydroxylation is 1. The molecule has 0 fully saturated rings. The summed E-state index contributed by atoms with van der Waals surface area (Å²) in [6.07, 6.45) is 0.